The fourth-order valence-electron chi connectivity index (χ4n) is 1.88. The molecule has 1 aromatic heterocycles. The van der Waals surface area contributed by atoms with Gasteiger partial charge in [0.25, 0.3) is 0 Å². The molecule has 4 heteroatoms. The molecule has 1 N–H and O–H groups in total. The molecule has 0 radical (unpaired) electrons. The highest BCUT2D eigenvalue weighted by Gasteiger charge is 2.17. The molecule has 98 valence electrons. The number of rotatable bonds is 6. The molecule has 1 heterocycles. The highest BCUT2D eigenvalue weighted by molar-refractivity contribution is 7.11. The lowest BCUT2D eigenvalue weighted by Gasteiger charge is -2.29. The van der Waals surface area contributed by atoms with Crippen molar-refractivity contribution in [2.45, 2.75) is 40.7 Å². The summed E-state index contributed by atoms with van der Waals surface area (Å²) in [7, 11) is 0. The van der Waals surface area contributed by atoms with Crippen LogP contribution in [0.2, 0.25) is 0 Å². The van der Waals surface area contributed by atoms with Crippen molar-refractivity contribution in [1.82, 2.24) is 9.88 Å². The Hall–Kier alpha value is -0.450. The third kappa shape index (κ3) is 6.15. The first-order valence-corrected chi connectivity index (χ1v) is 6.97. The van der Waals surface area contributed by atoms with Crippen molar-refractivity contribution in [1.29, 1.82) is 0 Å². The van der Waals surface area contributed by atoms with Gasteiger partial charge in [-0.3, -0.25) is 4.90 Å². The quantitative estimate of drug-likeness (QED) is 0.850. The van der Waals surface area contributed by atoms with Gasteiger partial charge < -0.3 is 5.11 Å². The van der Waals surface area contributed by atoms with E-state index in [4.69, 9.17) is 5.11 Å². The summed E-state index contributed by atoms with van der Waals surface area (Å²) in [5, 5.41) is 10.1. The highest BCUT2D eigenvalue weighted by Crippen LogP contribution is 2.19. The number of hydrogen-bond donors (Lipinski definition) is 1. The van der Waals surface area contributed by atoms with Gasteiger partial charge in [-0.05, 0) is 18.8 Å². The van der Waals surface area contributed by atoms with E-state index in [2.05, 4.69) is 30.7 Å². The molecule has 0 unspecified atom stereocenters. The van der Waals surface area contributed by atoms with E-state index in [9.17, 15) is 0 Å². The van der Waals surface area contributed by atoms with Crippen LogP contribution in [-0.4, -0.2) is 34.7 Å². The van der Waals surface area contributed by atoms with Crippen molar-refractivity contribution >= 4 is 11.3 Å². The number of hydrogen-bond acceptors (Lipinski definition) is 4. The third-order valence-electron chi connectivity index (χ3n) is 2.38. The fraction of sp³-hybridized carbons (Fsp3) is 0.769. The molecule has 17 heavy (non-hydrogen) atoms. The minimum Gasteiger partial charge on any atom is -0.396 e. The molecule has 0 saturated heterocycles. The van der Waals surface area contributed by atoms with E-state index < -0.39 is 0 Å². The zero-order valence-corrected chi connectivity index (χ0v) is 12.2. The third-order valence-corrected chi connectivity index (χ3v) is 3.28. The monoisotopic (exact) mass is 256 g/mol. The maximum atomic E-state index is 8.95. The molecule has 0 spiro atoms. The number of aliphatic hydroxyl groups excluding tert-OH is 1. The average molecular weight is 256 g/mol. The van der Waals surface area contributed by atoms with Gasteiger partial charge in [-0.25, -0.2) is 4.98 Å². The summed E-state index contributed by atoms with van der Waals surface area (Å²) in [6, 6.07) is 0. The molecule has 1 aromatic rings. The zero-order chi connectivity index (χ0) is 12.9. The van der Waals surface area contributed by atoms with Gasteiger partial charge in [0.2, 0.25) is 0 Å². The number of nitrogens with zero attached hydrogens (tertiary/aromatic N) is 2. The van der Waals surface area contributed by atoms with Crippen molar-refractivity contribution in [3.63, 3.8) is 0 Å². The maximum Gasteiger partial charge on any atom is 0.0897 e. The average Bonchev–Trinajstić information content (AvgIpc) is 2.58. The first kappa shape index (κ1) is 14.6. The molecule has 0 atom stereocenters. The minimum absolute atomic E-state index is 0.266. The molecule has 0 aliphatic heterocycles. The second-order valence-electron chi connectivity index (χ2n) is 5.69. The molecule has 3 nitrogen and oxygen atoms in total. The van der Waals surface area contributed by atoms with Crippen LogP contribution in [0, 0.1) is 12.3 Å². The van der Waals surface area contributed by atoms with Crippen molar-refractivity contribution in [2.24, 2.45) is 5.41 Å². The predicted molar refractivity (Wildman–Crippen MR) is 73.3 cm³/mol. The molecule has 0 aromatic carbocycles. The van der Waals surface area contributed by atoms with E-state index >= 15 is 0 Å². The Labute approximate surface area is 108 Å². The Morgan fingerprint density at radius 2 is 2.12 bits per heavy atom. The van der Waals surface area contributed by atoms with E-state index in [0.717, 1.165) is 31.1 Å². The van der Waals surface area contributed by atoms with Crippen LogP contribution in [0.3, 0.4) is 0 Å². The van der Waals surface area contributed by atoms with Crippen molar-refractivity contribution in [3.8, 4) is 0 Å². The summed E-state index contributed by atoms with van der Waals surface area (Å²) in [4.78, 5) is 8.00. The van der Waals surface area contributed by atoms with Crippen molar-refractivity contribution in [2.75, 3.05) is 19.7 Å². The van der Waals surface area contributed by atoms with E-state index in [-0.39, 0.29) is 12.0 Å². The van der Waals surface area contributed by atoms with Crippen LogP contribution in [0.1, 0.15) is 37.1 Å². The molecule has 0 bridgehead atoms. The summed E-state index contributed by atoms with van der Waals surface area (Å²) in [6.45, 7) is 12.0. The molecular weight excluding hydrogens is 232 g/mol. The predicted octanol–water partition coefficient (Wildman–Crippen LogP) is 2.68. The van der Waals surface area contributed by atoms with E-state index in [0.29, 0.717) is 0 Å². The topological polar surface area (TPSA) is 36.4 Å². The second-order valence-corrected chi connectivity index (χ2v) is 7.01. The number of aromatic nitrogens is 1. The summed E-state index contributed by atoms with van der Waals surface area (Å²) in [6.07, 6.45) is 2.81. The Balaban J connectivity index is 2.56. The van der Waals surface area contributed by atoms with Crippen molar-refractivity contribution in [3.05, 3.63) is 16.1 Å². The summed E-state index contributed by atoms with van der Waals surface area (Å²) >= 11 is 1.76. The van der Waals surface area contributed by atoms with Crippen LogP contribution in [-0.2, 0) is 6.54 Å². The van der Waals surface area contributed by atoms with Gasteiger partial charge in [0, 0.05) is 37.3 Å². The lowest BCUT2D eigenvalue weighted by atomic mass is 9.96. The van der Waals surface area contributed by atoms with E-state index in [1.165, 1.54) is 4.88 Å². The van der Waals surface area contributed by atoms with E-state index in [1.54, 1.807) is 11.3 Å². The molecular formula is C13H24N2OS. The first-order valence-electron chi connectivity index (χ1n) is 6.15. The lowest BCUT2D eigenvalue weighted by molar-refractivity contribution is 0.167. The van der Waals surface area contributed by atoms with Gasteiger partial charge in [-0.1, -0.05) is 20.8 Å². The molecule has 1 rings (SSSR count). The van der Waals surface area contributed by atoms with Gasteiger partial charge in [0.05, 0.1) is 5.01 Å². The Morgan fingerprint density at radius 3 is 2.59 bits per heavy atom. The number of aliphatic hydroxyl groups is 1. The number of thiazole rings is 1. The largest absolute Gasteiger partial charge is 0.396 e. The Morgan fingerprint density at radius 1 is 1.41 bits per heavy atom. The van der Waals surface area contributed by atoms with Crippen LogP contribution < -0.4 is 0 Å². The fourth-order valence-corrected chi connectivity index (χ4v) is 2.72. The summed E-state index contributed by atoms with van der Waals surface area (Å²) in [5.41, 5.74) is 0.287. The molecule has 0 amide bonds. The van der Waals surface area contributed by atoms with Gasteiger partial charge in [0.1, 0.15) is 0 Å². The smallest absolute Gasteiger partial charge is 0.0897 e. The lowest BCUT2D eigenvalue weighted by Crippen LogP contribution is -2.33. The number of aryl methyl sites for hydroxylation is 1. The minimum atomic E-state index is 0.266. The van der Waals surface area contributed by atoms with Crippen molar-refractivity contribution < 1.29 is 5.11 Å². The van der Waals surface area contributed by atoms with Gasteiger partial charge in [-0.2, -0.15) is 0 Å². The molecule has 0 saturated carbocycles. The molecule has 0 fully saturated rings. The zero-order valence-electron chi connectivity index (χ0n) is 11.4. The van der Waals surface area contributed by atoms with Crippen LogP contribution >= 0.6 is 11.3 Å². The molecule has 0 aliphatic carbocycles. The maximum absolute atomic E-state index is 8.95. The van der Waals surface area contributed by atoms with Gasteiger partial charge in [0.15, 0.2) is 0 Å². The second kappa shape index (κ2) is 6.47. The van der Waals surface area contributed by atoms with Gasteiger partial charge in [-0.15, -0.1) is 11.3 Å². The summed E-state index contributed by atoms with van der Waals surface area (Å²) in [5.74, 6) is 0. The first-order chi connectivity index (χ1) is 7.90. The summed E-state index contributed by atoms with van der Waals surface area (Å²) < 4.78 is 0. The Kier molecular flexibility index (Phi) is 5.56. The SMILES string of the molecule is Cc1ncc(CN(CCCO)CC(C)(C)C)s1. The van der Waals surface area contributed by atoms with E-state index in [1.807, 2.05) is 13.1 Å². The standard InChI is InChI=1S/C13H24N2OS/c1-11-14-8-12(17-11)9-15(6-5-7-16)10-13(2,3)4/h8,16H,5-7,9-10H2,1-4H3. The normalized spacial score (nSPS) is 12.4. The Bertz CT molecular complexity index is 330. The van der Waals surface area contributed by atoms with Crippen LogP contribution in [0.25, 0.3) is 0 Å². The highest BCUT2D eigenvalue weighted by atomic mass is 32.1. The van der Waals surface area contributed by atoms with Crippen LogP contribution in [0.15, 0.2) is 6.20 Å². The van der Waals surface area contributed by atoms with Gasteiger partial charge >= 0.3 is 0 Å². The van der Waals surface area contributed by atoms with Crippen LogP contribution in [0.5, 0.6) is 0 Å². The molecule has 0 aliphatic rings. The van der Waals surface area contributed by atoms with Crippen LogP contribution in [0.4, 0.5) is 0 Å².